The van der Waals surface area contributed by atoms with E-state index in [2.05, 4.69) is 69.4 Å². The van der Waals surface area contributed by atoms with E-state index in [4.69, 9.17) is 14.2 Å². The summed E-state index contributed by atoms with van der Waals surface area (Å²) in [5.41, 5.74) is 0. The third-order valence-corrected chi connectivity index (χ3v) is 10.3. The molecule has 0 amide bonds. The first kappa shape index (κ1) is 54.4. The van der Waals surface area contributed by atoms with Crippen LogP contribution in [0.2, 0.25) is 0 Å². The Labute approximate surface area is 352 Å². The molecule has 0 saturated carbocycles. The van der Waals surface area contributed by atoms with Crippen LogP contribution in [0.4, 0.5) is 0 Å². The Morgan fingerprint density at radius 3 is 1.12 bits per heavy atom. The van der Waals surface area contributed by atoms with Gasteiger partial charge < -0.3 is 14.2 Å². The molecule has 0 aromatic heterocycles. The van der Waals surface area contributed by atoms with Crippen LogP contribution in [-0.4, -0.2) is 37.2 Å². The number of carbonyl (C=O) groups excluding carboxylic acids is 3. The highest BCUT2D eigenvalue weighted by Gasteiger charge is 2.19. The molecule has 0 heterocycles. The molecule has 6 nitrogen and oxygen atoms in total. The number of hydrogen-bond donors (Lipinski definition) is 0. The number of allylic oxidation sites excluding steroid dienone is 8. The Hall–Kier alpha value is -2.63. The molecule has 6 heteroatoms. The summed E-state index contributed by atoms with van der Waals surface area (Å²) in [6.45, 7) is 6.47. The van der Waals surface area contributed by atoms with Gasteiger partial charge in [-0.25, -0.2) is 0 Å². The highest BCUT2D eigenvalue weighted by atomic mass is 16.6. The van der Waals surface area contributed by atoms with E-state index in [1.165, 1.54) is 103 Å². The topological polar surface area (TPSA) is 78.9 Å². The molecule has 330 valence electrons. The van der Waals surface area contributed by atoms with E-state index < -0.39 is 6.10 Å². The van der Waals surface area contributed by atoms with Crippen molar-refractivity contribution >= 4 is 17.9 Å². The first-order chi connectivity index (χ1) is 28.0. The van der Waals surface area contributed by atoms with E-state index in [1.54, 1.807) is 0 Å². The van der Waals surface area contributed by atoms with Crippen LogP contribution in [0.3, 0.4) is 0 Å². The van der Waals surface area contributed by atoms with Crippen molar-refractivity contribution < 1.29 is 28.6 Å². The van der Waals surface area contributed by atoms with Gasteiger partial charge in [-0.05, 0) is 96.3 Å². The summed E-state index contributed by atoms with van der Waals surface area (Å²) in [6, 6.07) is 0. The number of carbonyl (C=O) groups is 3. The van der Waals surface area contributed by atoms with Crippen LogP contribution in [0, 0.1) is 0 Å². The average molecular weight is 799 g/mol. The minimum Gasteiger partial charge on any atom is -0.462 e. The highest BCUT2D eigenvalue weighted by molar-refractivity contribution is 5.71. The van der Waals surface area contributed by atoms with Gasteiger partial charge in [0.1, 0.15) is 13.2 Å². The lowest BCUT2D eigenvalue weighted by atomic mass is 10.1. The van der Waals surface area contributed by atoms with Crippen molar-refractivity contribution in [2.24, 2.45) is 0 Å². The smallest absolute Gasteiger partial charge is 0.306 e. The second-order valence-corrected chi connectivity index (χ2v) is 16.0. The lowest BCUT2D eigenvalue weighted by molar-refractivity contribution is -0.167. The fourth-order valence-corrected chi connectivity index (χ4v) is 6.64. The van der Waals surface area contributed by atoms with Gasteiger partial charge in [0.05, 0.1) is 0 Å². The zero-order chi connectivity index (χ0) is 41.5. The summed E-state index contributed by atoms with van der Waals surface area (Å²) in [4.78, 5) is 37.8. The van der Waals surface area contributed by atoms with E-state index >= 15 is 0 Å². The fraction of sp³-hybridized carbons (Fsp3) is 0.784. The Morgan fingerprint density at radius 2 is 0.684 bits per heavy atom. The van der Waals surface area contributed by atoms with E-state index in [1.807, 2.05) is 0 Å². The fourth-order valence-electron chi connectivity index (χ4n) is 6.64. The standard InChI is InChI=1S/C51H90O6/c1-4-7-10-13-16-19-22-25-27-29-32-35-38-41-44-50(53)56-47-48(46-55-49(52)43-40-37-34-31-28-24-21-18-15-12-9-6-3)57-51(54)45-42-39-36-33-30-26-23-20-17-14-11-8-5-2/h7,10,16,18-19,21,26,30,48H,4-6,8-9,11-15,17,20,22-25,27-29,31-47H2,1-3H3/b10-7-,19-16-,21-18-,30-26-. The predicted molar refractivity (Wildman–Crippen MR) is 242 cm³/mol. The first-order valence-corrected chi connectivity index (χ1v) is 24.1. The molecule has 1 unspecified atom stereocenters. The summed E-state index contributed by atoms with van der Waals surface area (Å²) in [5.74, 6) is -0.917. The summed E-state index contributed by atoms with van der Waals surface area (Å²) in [6.07, 6.45) is 53.7. The van der Waals surface area contributed by atoms with Crippen molar-refractivity contribution in [3.63, 3.8) is 0 Å². The molecular formula is C51H90O6. The summed E-state index contributed by atoms with van der Waals surface area (Å²) >= 11 is 0. The summed E-state index contributed by atoms with van der Waals surface area (Å²) in [5, 5.41) is 0. The SMILES string of the molecule is CC/C=C\C/C=C\CCCCCCCCCC(=O)OCC(COC(=O)CCCCCCC/C=C\CCCCC)OC(=O)CCCCC/C=C\CCCCCCCC. The van der Waals surface area contributed by atoms with Gasteiger partial charge in [-0.15, -0.1) is 0 Å². The molecule has 57 heavy (non-hydrogen) atoms. The quantitative estimate of drug-likeness (QED) is 0.0265. The molecule has 0 radical (unpaired) electrons. The number of esters is 3. The van der Waals surface area contributed by atoms with Gasteiger partial charge in [0.25, 0.3) is 0 Å². The predicted octanol–water partition coefficient (Wildman–Crippen LogP) is 15.5. The highest BCUT2D eigenvalue weighted by Crippen LogP contribution is 2.14. The molecule has 0 bridgehead atoms. The third kappa shape index (κ3) is 44.3. The molecule has 0 aromatic carbocycles. The van der Waals surface area contributed by atoms with E-state index in [9.17, 15) is 14.4 Å². The molecule has 0 aliphatic rings. The summed E-state index contributed by atoms with van der Waals surface area (Å²) in [7, 11) is 0. The monoisotopic (exact) mass is 799 g/mol. The van der Waals surface area contributed by atoms with Gasteiger partial charge in [-0.2, -0.15) is 0 Å². The van der Waals surface area contributed by atoms with Gasteiger partial charge in [0.15, 0.2) is 6.10 Å². The van der Waals surface area contributed by atoms with Gasteiger partial charge in [-0.1, -0.05) is 172 Å². The van der Waals surface area contributed by atoms with Gasteiger partial charge in [0, 0.05) is 19.3 Å². The third-order valence-electron chi connectivity index (χ3n) is 10.3. The maximum absolute atomic E-state index is 12.7. The van der Waals surface area contributed by atoms with E-state index in [0.717, 1.165) is 96.3 Å². The first-order valence-electron chi connectivity index (χ1n) is 24.1. The molecule has 0 saturated heterocycles. The Bertz CT molecular complexity index is 1010. The van der Waals surface area contributed by atoms with Crippen LogP contribution in [0.15, 0.2) is 48.6 Å². The molecule has 0 aliphatic carbocycles. The minimum atomic E-state index is -0.784. The molecule has 0 aromatic rings. The minimum absolute atomic E-state index is 0.0857. The normalized spacial score (nSPS) is 12.4. The van der Waals surface area contributed by atoms with Crippen molar-refractivity contribution in [1.29, 1.82) is 0 Å². The van der Waals surface area contributed by atoms with Crippen LogP contribution >= 0.6 is 0 Å². The van der Waals surface area contributed by atoms with Gasteiger partial charge >= 0.3 is 17.9 Å². The van der Waals surface area contributed by atoms with E-state index in [0.29, 0.717) is 19.3 Å². The molecule has 0 aliphatic heterocycles. The molecule has 0 spiro atoms. The van der Waals surface area contributed by atoms with Crippen LogP contribution in [0.25, 0.3) is 0 Å². The maximum atomic E-state index is 12.7. The van der Waals surface area contributed by atoms with Crippen molar-refractivity contribution in [1.82, 2.24) is 0 Å². The molecular weight excluding hydrogens is 709 g/mol. The Kier molecular flexibility index (Phi) is 43.9. The molecule has 0 fully saturated rings. The zero-order valence-electron chi connectivity index (χ0n) is 37.6. The summed E-state index contributed by atoms with van der Waals surface area (Å²) < 4.78 is 16.7. The molecule has 1 atom stereocenters. The molecule has 0 N–H and O–H groups in total. The van der Waals surface area contributed by atoms with Crippen LogP contribution in [-0.2, 0) is 28.6 Å². The van der Waals surface area contributed by atoms with Crippen molar-refractivity contribution in [2.75, 3.05) is 13.2 Å². The zero-order valence-corrected chi connectivity index (χ0v) is 37.6. The lowest BCUT2D eigenvalue weighted by Gasteiger charge is -2.18. The number of unbranched alkanes of at least 4 members (excludes halogenated alkanes) is 24. The van der Waals surface area contributed by atoms with Crippen molar-refractivity contribution in [2.45, 2.75) is 245 Å². The average Bonchev–Trinajstić information content (AvgIpc) is 3.21. The molecule has 0 rings (SSSR count). The number of ether oxygens (including phenoxy) is 3. The van der Waals surface area contributed by atoms with Crippen LogP contribution in [0.5, 0.6) is 0 Å². The Morgan fingerprint density at radius 1 is 0.368 bits per heavy atom. The second-order valence-electron chi connectivity index (χ2n) is 16.0. The largest absolute Gasteiger partial charge is 0.462 e. The van der Waals surface area contributed by atoms with Crippen LogP contribution < -0.4 is 0 Å². The van der Waals surface area contributed by atoms with Gasteiger partial charge in [-0.3, -0.25) is 14.4 Å². The number of hydrogen-bond acceptors (Lipinski definition) is 6. The lowest BCUT2D eigenvalue weighted by Crippen LogP contribution is -2.30. The van der Waals surface area contributed by atoms with Crippen LogP contribution in [0.1, 0.15) is 239 Å². The maximum Gasteiger partial charge on any atom is 0.306 e. The second kappa shape index (κ2) is 46.1. The van der Waals surface area contributed by atoms with Crippen molar-refractivity contribution in [3.8, 4) is 0 Å². The van der Waals surface area contributed by atoms with Crippen molar-refractivity contribution in [3.05, 3.63) is 48.6 Å². The number of rotatable bonds is 43. The van der Waals surface area contributed by atoms with E-state index in [-0.39, 0.29) is 31.1 Å². The van der Waals surface area contributed by atoms with Gasteiger partial charge in [0.2, 0.25) is 0 Å². The Balaban J connectivity index is 4.41.